The van der Waals surface area contributed by atoms with Crippen molar-refractivity contribution in [2.75, 3.05) is 7.11 Å². The Kier molecular flexibility index (Phi) is 3.35. The van der Waals surface area contributed by atoms with Gasteiger partial charge in [0.25, 0.3) is 0 Å². The van der Waals surface area contributed by atoms with Gasteiger partial charge in [-0.1, -0.05) is 11.6 Å². The van der Waals surface area contributed by atoms with Crippen LogP contribution in [0.25, 0.3) is 11.1 Å². The van der Waals surface area contributed by atoms with Crippen molar-refractivity contribution in [3.8, 4) is 11.1 Å². The van der Waals surface area contributed by atoms with E-state index in [1.54, 1.807) is 24.7 Å². The fourth-order valence-electron chi connectivity index (χ4n) is 1.39. The van der Waals surface area contributed by atoms with Crippen LogP contribution in [0.1, 0.15) is 10.5 Å². The Labute approximate surface area is 103 Å². The summed E-state index contributed by atoms with van der Waals surface area (Å²) in [6, 6.07) is 5.35. The molecule has 0 atom stereocenters. The van der Waals surface area contributed by atoms with Crippen LogP contribution in [0, 0.1) is 0 Å². The van der Waals surface area contributed by atoms with Crippen molar-refractivity contribution < 1.29 is 9.53 Å². The van der Waals surface area contributed by atoms with Crippen molar-refractivity contribution in [2.45, 2.75) is 0 Å². The van der Waals surface area contributed by atoms with Gasteiger partial charge in [0.1, 0.15) is 0 Å². The van der Waals surface area contributed by atoms with Crippen LogP contribution < -0.4 is 0 Å². The first-order chi connectivity index (χ1) is 8.22. The minimum absolute atomic E-state index is 0.118. The lowest BCUT2D eigenvalue weighted by Crippen LogP contribution is -2.05. The van der Waals surface area contributed by atoms with Gasteiger partial charge in [-0.2, -0.15) is 0 Å². The first-order valence-electron chi connectivity index (χ1n) is 4.86. The topological polar surface area (TPSA) is 52.1 Å². The number of carbonyl (C=O) groups is 1. The highest BCUT2D eigenvalue weighted by atomic mass is 35.5. The van der Waals surface area contributed by atoms with Gasteiger partial charge >= 0.3 is 5.97 Å². The number of pyridine rings is 2. The largest absolute Gasteiger partial charge is 0.464 e. The Morgan fingerprint density at radius 3 is 2.59 bits per heavy atom. The molecule has 0 unspecified atom stereocenters. The van der Waals surface area contributed by atoms with E-state index in [2.05, 4.69) is 14.7 Å². The van der Waals surface area contributed by atoms with Gasteiger partial charge in [-0.05, 0) is 23.8 Å². The average Bonchev–Trinajstić information content (AvgIpc) is 2.39. The summed E-state index contributed by atoms with van der Waals surface area (Å²) in [6.07, 6.45) is 4.93. The second-order valence-corrected chi connectivity index (χ2v) is 3.69. The third-order valence-corrected chi connectivity index (χ3v) is 2.52. The first-order valence-corrected chi connectivity index (χ1v) is 5.24. The molecule has 0 aliphatic heterocycles. The maximum Gasteiger partial charge on any atom is 0.358 e. The van der Waals surface area contributed by atoms with E-state index in [1.807, 2.05) is 12.1 Å². The second kappa shape index (κ2) is 4.93. The number of ether oxygens (including phenoxy) is 1. The van der Waals surface area contributed by atoms with Gasteiger partial charge in [-0.25, -0.2) is 9.78 Å². The van der Waals surface area contributed by atoms with E-state index in [1.165, 1.54) is 7.11 Å². The molecule has 86 valence electrons. The summed E-state index contributed by atoms with van der Waals surface area (Å²) in [5, 5.41) is 0.270. The summed E-state index contributed by atoms with van der Waals surface area (Å²) in [6.45, 7) is 0. The fourth-order valence-corrected chi connectivity index (χ4v) is 1.63. The van der Waals surface area contributed by atoms with Crippen LogP contribution in [0.15, 0.2) is 36.8 Å². The molecule has 0 N–H and O–H groups in total. The van der Waals surface area contributed by atoms with Gasteiger partial charge in [0, 0.05) is 24.2 Å². The second-order valence-electron chi connectivity index (χ2n) is 3.28. The summed E-state index contributed by atoms with van der Waals surface area (Å²) in [7, 11) is 1.29. The third-order valence-electron chi connectivity index (χ3n) is 2.23. The van der Waals surface area contributed by atoms with E-state index in [9.17, 15) is 4.79 Å². The van der Waals surface area contributed by atoms with E-state index >= 15 is 0 Å². The molecule has 5 heteroatoms. The molecule has 0 saturated carbocycles. The number of rotatable bonds is 2. The normalized spacial score (nSPS) is 10.0. The fraction of sp³-hybridized carbons (Fsp3) is 0.0833. The SMILES string of the molecule is COC(=O)c1ncc(-c2ccncc2)cc1Cl. The van der Waals surface area contributed by atoms with E-state index in [4.69, 9.17) is 11.6 Å². The zero-order valence-corrected chi connectivity index (χ0v) is 9.81. The number of carbonyl (C=O) groups excluding carboxylic acids is 1. The highest BCUT2D eigenvalue weighted by molar-refractivity contribution is 6.33. The van der Waals surface area contributed by atoms with Crippen molar-refractivity contribution in [3.05, 3.63) is 47.5 Å². The Balaban J connectivity index is 2.41. The van der Waals surface area contributed by atoms with E-state index in [0.717, 1.165) is 11.1 Å². The van der Waals surface area contributed by atoms with Crippen LogP contribution in [0.4, 0.5) is 0 Å². The quantitative estimate of drug-likeness (QED) is 0.767. The molecule has 2 heterocycles. The summed E-state index contributed by atoms with van der Waals surface area (Å²) >= 11 is 5.97. The maximum absolute atomic E-state index is 11.3. The van der Waals surface area contributed by atoms with Crippen molar-refractivity contribution in [1.82, 2.24) is 9.97 Å². The van der Waals surface area contributed by atoms with Crippen LogP contribution in [0.2, 0.25) is 5.02 Å². The molecule has 0 fully saturated rings. The van der Waals surface area contributed by atoms with E-state index in [-0.39, 0.29) is 10.7 Å². The molecule has 2 aromatic heterocycles. The first kappa shape index (κ1) is 11.5. The Hall–Kier alpha value is -1.94. The molecule has 0 spiro atoms. The zero-order chi connectivity index (χ0) is 12.3. The molecule has 2 aromatic rings. The summed E-state index contributed by atoms with van der Waals surface area (Å²) in [5.41, 5.74) is 1.88. The predicted molar refractivity (Wildman–Crippen MR) is 63.8 cm³/mol. The van der Waals surface area contributed by atoms with Gasteiger partial charge < -0.3 is 4.74 Å². The van der Waals surface area contributed by atoms with Crippen LogP contribution in [-0.2, 0) is 4.74 Å². The number of hydrogen-bond donors (Lipinski definition) is 0. The van der Waals surface area contributed by atoms with E-state index < -0.39 is 5.97 Å². The molecular formula is C12H9ClN2O2. The molecule has 0 aliphatic carbocycles. The minimum Gasteiger partial charge on any atom is -0.464 e. The Bertz CT molecular complexity index is 543. The molecule has 17 heavy (non-hydrogen) atoms. The van der Waals surface area contributed by atoms with Gasteiger partial charge in [-0.15, -0.1) is 0 Å². The van der Waals surface area contributed by atoms with Crippen LogP contribution >= 0.6 is 11.6 Å². The van der Waals surface area contributed by atoms with Crippen molar-refractivity contribution in [1.29, 1.82) is 0 Å². The van der Waals surface area contributed by atoms with Crippen molar-refractivity contribution >= 4 is 17.6 Å². The molecule has 4 nitrogen and oxygen atoms in total. The lowest BCUT2D eigenvalue weighted by atomic mass is 10.1. The third kappa shape index (κ3) is 2.42. The smallest absolute Gasteiger partial charge is 0.358 e. The highest BCUT2D eigenvalue weighted by Crippen LogP contribution is 2.23. The molecule has 0 bridgehead atoms. The minimum atomic E-state index is -0.545. The number of aromatic nitrogens is 2. The number of esters is 1. The number of halogens is 1. The van der Waals surface area contributed by atoms with Gasteiger partial charge in [0.2, 0.25) is 0 Å². The summed E-state index contributed by atoms with van der Waals surface area (Å²) in [4.78, 5) is 19.2. The molecular weight excluding hydrogens is 240 g/mol. The number of hydrogen-bond acceptors (Lipinski definition) is 4. The number of methoxy groups -OCH3 is 1. The molecule has 0 amide bonds. The van der Waals surface area contributed by atoms with Crippen LogP contribution in [0.5, 0.6) is 0 Å². The van der Waals surface area contributed by atoms with Gasteiger partial charge in [-0.3, -0.25) is 4.98 Å². The lowest BCUT2D eigenvalue weighted by molar-refractivity contribution is 0.0594. The Morgan fingerprint density at radius 1 is 1.29 bits per heavy atom. The monoisotopic (exact) mass is 248 g/mol. The number of nitrogens with zero attached hydrogens (tertiary/aromatic N) is 2. The molecule has 0 radical (unpaired) electrons. The van der Waals surface area contributed by atoms with Crippen LogP contribution in [0.3, 0.4) is 0 Å². The summed E-state index contributed by atoms with van der Waals surface area (Å²) in [5.74, 6) is -0.545. The molecule has 0 aromatic carbocycles. The predicted octanol–water partition coefficient (Wildman–Crippen LogP) is 2.58. The Morgan fingerprint density at radius 2 is 2.00 bits per heavy atom. The van der Waals surface area contributed by atoms with E-state index in [0.29, 0.717) is 0 Å². The van der Waals surface area contributed by atoms with Gasteiger partial charge in [0.05, 0.1) is 12.1 Å². The van der Waals surface area contributed by atoms with Crippen molar-refractivity contribution in [2.24, 2.45) is 0 Å². The molecule has 0 aliphatic rings. The maximum atomic E-state index is 11.3. The van der Waals surface area contributed by atoms with Crippen molar-refractivity contribution in [3.63, 3.8) is 0 Å². The average molecular weight is 249 g/mol. The van der Waals surface area contributed by atoms with Crippen LogP contribution in [-0.4, -0.2) is 23.0 Å². The lowest BCUT2D eigenvalue weighted by Gasteiger charge is -2.04. The standard InChI is InChI=1S/C12H9ClN2O2/c1-17-12(16)11-10(13)6-9(7-15-11)8-2-4-14-5-3-8/h2-7H,1H3. The molecule has 2 rings (SSSR count). The summed E-state index contributed by atoms with van der Waals surface area (Å²) < 4.78 is 4.57. The highest BCUT2D eigenvalue weighted by Gasteiger charge is 2.13. The zero-order valence-electron chi connectivity index (χ0n) is 9.05. The van der Waals surface area contributed by atoms with Gasteiger partial charge in [0.15, 0.2) is 5.69 Å². The molecule has 0 saturated heterocycles.